The van der Waals surface area contributed by atoms with Crippen LogP contribution in [0.1, 0.15) is 34.8 Å². The van der Waals surface area contributed by atoms with E-state index in [9.17, 15) is 9.59 Å². The zero-order chi connectivity index (χ0) is 20.8. The molecule has 0 spiro atoms. The van der Waals surface area contributed by atoms with Gasteiger partial charge >= 0.3 is 5.97 Å². The predicted molar refractivity (Wildman–Crippen MR) is 112 cm³/mol. The van der Waals surface area contributed by atoms with Crippen molar-refractivity contribution >= 4 is 11.9 Å². The van der Waals surface area contributed by atoms with Crippen molar-refractivity contribution in [2.24, 2.45) is 0 Å². The number of rotatable bonds is 7. The molecule has 1 heterocycles. The molecule has 0 bridgehead atoms. The Kier molecular flexibility index (Phi) is 6.44. The molecule has 0 saturated heterocycles. The molecule has 0 radical (unpaired) electrons. The maximum Gasteiger partial charge on any atom is 0.342 e. The van der Waals surface area contributed by atoms with Gasteiger partial charge in [-0.15, -0.1) is 0 Å². The number of carbonyl (C=O) groups is 2. The van der Waals surface area contributed by atoms with E-state index in [0.29, 0.717) is 17.8 Å². The van der Waals surface area contributed by atoms with Crippen molar-refractivity contribution < 1.29 is 14.3 Å². The number of aryl methyl sites for hydroxylation is 2. The molecule has 3 aromatic rings. The van der Waals surface area contributed by atoms with E-state index in [0.717, 1.165) is 28.8 Å². The molecule has 2 aromatic carbocycles. The quantitative estimate of drug-likeness (QED) is 0.621. The Hall–Kier alpha value is -3.41. The maximum absolute atomic E-state index is 12.8. The average molecular weight is 391 g/mol. The predicted octanol–water partition coefficient (Wildman–Crippen LogP) is 3.84. The first-order valence-electron chi connectivity index (χ1n) is 9.66. The van der Waals surface area contributed by atoms with Gasteiger partial charge < -0.3 is 10.1 Å². The molecule has 29 heavy (non-hydrogen) atoms. The summed E-state index contributed by atoms with van der Waals surface area (Å²) < 4.78 is 6.91. The van der Waals surface area contributed by atoms with Crippen molar-refractivity contribution in [2.45, 2.75) is 27.2 Å². The molecule has 1 amide bonds. The van der Waals surface area contributed by atoms with Gasteiger partial charge in [0.2, 0.25) is 0 Å². The minimum Gasteiger partial charge on any atom is -0.452 e. The third-order valence-electron chi connectivity index (χ3n) is 4.50. The number of carbonyl (C=O) groups excluding carboxylic acids is 2. The molecule has 0 saturated carbocycles. The zero-order valence-corrected chi connectivity index (χ0v) is 16.9. The number of ether oxygens (including phenoxy) is 1. The fraction of sp³-hybridized carbons (Fsp3) is 0.261. The largest absolute Gasteiger partial charge is 0.452 e. The number of aromatic nitrogens is 2. The Morgan fingerprint density at radius 1 is 1.10 bits per heavy atom. The van der Waals surface area contributed by atoms with Crippen LogP contribution in [-0.4, -0.2) is 34.8 Å². The van der Waals surface area contributed by atoms with Gasteiger partial charge in [-0.25, -0.2) is 9.48 Å². The number of nitrogens with zero attached hydrogens (tertiary/aromatic N) is 2. The fourth-order valence-corrected chi connectivity index (χ4v) is 3.04. The molecule has 0 aliphatic heterocycles. The Balaban J connectivity index is 1.94. The summed E-state index contributed by atoms with van der Waals surface area (Å²) in [5, 5.41) is 7.35. The van der Waals surface area contributed by atoms with E-state index in [1.54, 1.807) is 10.9 Å². The lowest BCUT2D eigenvalue weighted by molar-refractivity contribution is -0.124. The van der Waals surface area contributed by atoms with Gasteiger partial charge in [0.05, 0.1) is 5.69 Å². The molecule has 3 rings (SSSR count). The summed E-state index contributed by atoms with van der Waals surface area (Å²) in [7, 11) is 0. The first kappa shape index (κ1) is 20.3. The number of benzene rings is 2. The number of nitrogens with one attached hydrogen (secondary N) is 1. The van der Waals surface area contributed by atoms with Crippen LogP contribution >= 0.6 is 0 Å². The Labute approximate surface area is 170 Å². The molecule has 6 heteroatoms. The summed E-state index contributed by atoms with van der Waals surface area (Å²) in [6.45, 7) is 6.19. The Bertz CT molecular complexity index is 1010. The molecule has 1 N–H and O–H groups in total. The number of hydrogen-bond donors (Lipinski definition) is 1. The third-order valence-corrected chi connectivity index (χ3v) is 4.50. The van der Waals surface area contributed by atoms with Gasteiger partial charge in [0.1, 0.15) is 11.3 Å². The summed E-state index contributed by atoms with van der Waals surface area (Å²) in [5.74, 6) is -0.891. The summed E-state index contributed by atoms with van der Waals surface area (Å²) >= 11 is 0. The molecule has 150 valence electrons. The van der Waals surface area contributed by atoms with Gasteiger partial charge in [0.15, 0.2) is 6.61 Å². The lowest BCUT2D eigenvalue weighted by atomic mass is 10.0. The Morgan fingerprint density at radius 3 is 2.55 bits per heavy atom. The summed E-state index contributed by atoms with van der Waals surface area (Å²) in [5.41, 5.74) is 4.68. The molecule has 0 unspecified atom stereocenters. The standard InChI is InChI=1S/C23H25N3O3/c1-4-12-24-21(27)15-29-23(28)20-14-26(18-8-6-5-7-9-18)25-22(20)19-11-10-16(2)13-17(19)3/h5-11,13-14H,4,12,15H2,1-3H3,(H,24,27). The smallest absolute Gasteiger partial charge is 0.342 e. The fourth-order valence-electron chi connectivity index (χ4n) is 3.04. The third kappa shape index (κ3) is 4.90. The van der Waals surface area contributed by atoms with Gasteiger partial charge in [-0.05, 0) is 38.0 Å². The molecule has 0 fully saturated rings. The average Bonchev–Trinajstić information content (AvgIpc) is 3.16. The van der Waals surface area contributed by atoms with Crippen LogP contribution in [0.4, 0.5) is 0 Å². The molecule has 0 atom stereocenters. The summed E-state index contributed by atoms with van der Waals surface area (Å²) in [4.78, 5) is 24.6. The molecule has 1 aromatic heterocycles. The second-order valence-corrected chi connectivity index (χ2v) is 6.92. The molecule has 6 nitrogen and oxygen atoms in total. The summed E-state index contributed by atoms with van der Waals surface area (Å²) in [6, 6.07) is 15.5. The lowest BCUT2D eigenvalue weighted by Gasteiger charge is -2.08. The molecule has 0 aliphatic carbocycles. The van der Waals surface area contributed by atoms with Crippen LogP contribution in [0.5, 0.6) is 0 Å². The highest BCUT2D eigenvalue weighted by molar-refractivity contribution is 5.97. The zero-order valence-electron chi connectivity index (χ0n) is 16.9. The Morgan fingerprint density at radius 2 is 1.86 bits per heavy atom. The summed E-state index contributed by atoms with van der Waals surface area (Å²) in [6.07, 6.45) is 2.47. The molecular formula is C23H25N3O3. The van der Waals surface area contributed by atoms with Gasteiger partial charge in [0, 0.05) is 18.3 Å². The van der Waals surface area contributed by atoms with E-state index < -0.39 is 5.97 Å². The molecule has 0 aliphatic rings. The number of esters is 1. The topological polar surface area (TPSA) is 73.2 Å². The second-order valence-electron chi connectivity index (χ2n) is 6.92. The van der Waals surface area contributed by atoms with Crippen LogP contribution in [0.3, 0.4) is 0 Å². The van der Waals surface area contributed by atoms with E-state index >= 15 is 0 Å². The minimum absolute atomic E-state index is 0.316. The number of amides is 1. The van der Waals surface area contributed by atoms with Crippen LogP contribution in [-0.2, 0) is 9.53 Å². The van der Waals surface area contributed by atoms with E-state index in [4.69, 9.17) is 4.74 Å². The van der Waals surface area contributed by atoms with Crippen LogP contribution in [0.15, 0.2) is 54.7 Å². The van der Waals surface area contributed by atoms with Crippen LogP contribution in [0.2, 0.25) is 0 Å². The minimum atomic E-state index is -0.575. The van der Waals surface area contributed by atoms with Crippen molar-refractivity contribution in [2.75, 3.05) is 13.2 Å². The van der Waals surface area contributed by atoms with E-state index in [1.807, 2.05) is 69.3 Å². The first-order chi connectivity index (χ1) is 14.0. The highest BCUT2D eigenvalue weighted by atomic mass is 16.5. The van der Waals surface area contributed by atoms with E-state index in [-0.39, 0.29) is 12.5 Å². The van der Waals surface area contributed by atoms with Gasteiger partial charge in [0.25, 0.3) is 5.91 Å². The maximum atomic E-state index is 12.8. The SMILES string of the molecule is CCCNC(=O)COC(=O)c1cn(-c2ccccc2)nc1-c1ccc(C)cc1C. The van der Waals surface area contributed by atoms with Gasteiger partial charge in [-0.2, -0.15) is 5.10 Å². The highest BCUT2D eigenvalue weighted by Crippen LogP contribution is 2.28. The van der Waals surface area contributed by atoms with Crippen LogP contribution in [0, 0.1) is 13.8 Å². The van der Waals surface area contributed by atoms with Crippen molar-refractivity contribution in [1.29, 1.82) is 0 Å². The van der Waals surface area contributed by atoms with E-state index in [1.165, 1.54) is 0 Å². The number of hydrogen-bond acceptors (Lipinski definition) is 4. The van der Waals surface area contributed by atoms with Crippen LogP contribution in [0.25, 0.3) is 16.9 Å². The van der Waals surface area contributed by atoms with Crippen molar-refractivity contribution in [1.82, 2.24) is 15.1 Å². The monoisotopic (exact) mass is 391 g/mol. The number of para-hydroxylation sites is 1. The van der Waals surface area contributed by atoms with Crippen molar-refractivity contribution in [3.05, 3.63) is 71.4 Å². The second kappa shape index (κ2) is 9.19. The van der Waals surface area contributed by atoms with Gasteiger partial charge in [-0.1, -0.05) is 48.9 Å². The molecular weight excluding hydrogens is 366 g/mol. The first-order valence-corrected chi connectivity index (χ1v) is 9.66. The van der Waals surface area contributed by atoms with Crippen molar-refractivity contribution in [3.63, 3.8) is 0 Å². The van der Waals surface area contributed by atoms with Crippen molar-refractivity contribution in [3.8, 4) is 16.9 Å². The van der Waals surface area contributed by atoms with Crippen LogP contribution < -0.4 is 5.32 Å². The lowest BCUT2D eigenvalue weighted by Crippen LogP contribution is -2.29. The normalized spacial score (nSPS) is 10.6. The van der Waals surface area contributed by atoms with Gasteiger partial charge in [-0.3, -0.25) is 4.79 Å². The van der Waals surface area contributed by atoms with E-state index in [2.05, 4.69) is 10.4 Å². The highest BCUT2D eigenvalue weighted by Gasteiger charge is 2.22.